The SMILES string of the molecule is COC([O])c1c(F)cccc1F. The minimum atomic E-state index is -1.80. The van der Waals surface area contributed by atoms with Crippen LogP contribution in [-0.2, 0) is 9.84 Å². The predicted octanol–water partition coefficient (Wildman–Crippen LogP) is 2.04. The van der Waals surface area contributed by atoms with Gasteiger partial charge in [0.25, 0.3) is 0 Å². The van der Waals surface area contributed by atoms with Crippen LogP contribution in [0.1, 0.15) is 11.9 Å². The summed E-state index contributed by atoms with van der Waals surface area (Å²) in [6.45, 7) is 0. The van der Waals surface area contributed by atoms with E-state index in [0.717, 1.165) is 19.2 Å². The van der Waals surface area contributed by atoms with Crippen LogP contribution in [0.3, 0.4) is 0 Å². The van der Waals surface area contributed by atoms with E-state index in [2.05, 4.69) is 4.74 Å². The van der Waals surface area contributed by atoms with Crippen LogP contribution in [0.2, 0.25) is 0 Å². The zero-order chi connectivity index (χ0) is 9.14. The van der Waals surface area contributed by atoms with Gasteiger partial charge in [0, 0.05) is 7.11 Å². The maximum Gasteiger partial charge on any atom is 0.223 e. The van der Waals surface area contributed by atoms with Crippen molar-refractivity contribution in [3.8, 4) is 0 Å². The normalized spacial score (nSPS) is 13.0. The summed E-state index contributed by atoms with van der Waals surface area (Å²) < 4.78 is 29.8. The number of hydrogen-bond donors (Lipinski definition) is 0. The Morgan fingerprint density at radius 3 is 2.25 bits per heavy atom. The number of ether oxygens (including phenoxy) is 1. The molecule has 0 saturated carbocycles. The van der Waals surface area contributed by atoms with Crippen molar-refractivity contribution in [2.75, 3.05) is 7.11 Å². The second-order valence-corrected chi connectivity index (χ2v) is 2.20. The Balaban J connectivity index is 3.12. The highest BCUT2D eigenvalue weighted by molar-refractivity contribution is 5.20. The number of methoxy groups -OCH3 is 1. The van der Waals surface area contributed by atoms with Crippen molar-refractivity contribution in [3.05, 3.63) is 35.4 Å². The molecule has 4 heteroatoms. The van der Waals surface area contributed by atoms with E-state index in [1.807, 2.05) is 0 Å². The average Bonchev–Trinajstić information content (AvgIpc) is 2.03. The van der Waals surface area contributed by atoms with Gasteiger partial charge < -0.3 is 4.74 Å². The fourth-order valence-corrected chi connectivity index (χ4v) is 0.854. The summed E-state index contributed by atoms with van der Waals surface area (Å²) in [5.41, 5.74) is -0.569. The lowest BCUT2D eigenvalue weighted by atomic mass is 10.2. The quantitative estimate of drug-likeness (QED) is 0.629. The van der Waals surface area contributed by atoms with Crippen LogP contribution in [0.15, 0.2) is 18.2 Å². The van der Waals surface area contributed by atoms with Crippen molar-refractivity contribution >= 4 is 0 Å². The Morgan fingerprint density at radius 2 is 1.83 bits per heavy atom. The summed E-state index contributed by atoms with van der Waals surface area (Å²) in [4.78, 5) is 0. The molecule has 1 aromatic carbocycles. The molecular weight excluding hydrogens is 166 g/mol. The predicted molar refractivity (Wildman–Crippen MR) is 36.8 cm³/mol. The first kappa shape index (κ1) is 9.09. The zero-order valence-electron chi connectivity index (χ0n) is 6.38. The van der Waals surface area contributed by atoms with Gasteiger partial charge in [-0.05, 0) is 12.1 Å². The molecule has 65 valence electrons. The molecule has 1 aromatic rings. The van der Waals surface area contributed by atoms with Gasteiger partial charge in [-0.15, -0.1) is 0 Å². The summed E-state index contributed by atoms with van der Waals surface area (Å²) in [5, 5.41) is 10.8. The third kappa shape index (κ3) is 1.60. The van der Waals surface area contributed by atoms with Crippen molar-refractivity contribution in [1.82, 2.24) is 0 Å². The molecule has 12 heavy (non-hydrogen) atoms. The molecule has 0 fully saturated rings. The van der Waals surface area contributed by atoms with Crippen molar-refractivity contribution < 1.29 is 18.6 Å². The van der Waals surface area contributed by atoms with E-state index in [1.54, 1.807) is 0 Å². The number of benzene rings is 1. The second kappa shape index (κ2) is 3.60. The highest BCUT2D eigenvalue weighted by Gasteiger charge is 2.17. The standard InChI is InChI=1S/C8H7F2O2/c1-12-8(11)7-5(9)3-2-4-6(7)10/h2-4,8H,1H3. The van der Waals surface area contributed by atoms with Crippen molar-refractivity contribution in [1.29, 1.82) is 0 Å². The molecule has 0 amide bonds. The van der Waals surface area contributed by atoms with E-state index in [9.17, 15) is 13.9 Å². The third-order valence-corrected chi connectivity index (χ3v) is 1.45. The van der Waals surface area contributed by atoms with E-state index in [4.69, 9.17) is 0 Å². The first-order valence-electron chi connectivity index (χ1n) is 3.29. The van der Waals surface area contributed by atoms with Gasteiger partial charge in [0.05, 0.1) is 5.56 Å². The summed E-state index contributed by atoms with van der Waals surface area (Å²) in [5.74, 6) is -1.76. The van der Waals surface area contributed by atoms with Crippen LogP contribution in [0.5, 0.6) is 0 Å². The second-order valence-electron chi connectivity index (χ2n) is 2.20. The Kier molecular flexibility index (Phi) is 2.73. The molecule has 0 bridgehead atoms. The molecule has 1 rings (SSSR count). The molecule has 1 atom stereocenters. The van der Waals surface area contributed by atoms with Gasteiger partial charge in [-0.2, -0.15) is 5.11 Å². The van der Waals surface area contributed by atoms with Gasteiger partial charge in [0.2, 0.25) is 6.29 Å². The summed E-state index contributed by atoms with van der Waals surface area (Å²) >= 11 is 0. The Hall–Kier alpha value is -1.00. The van der Waals surface area contributed by atoms with E-state index in [1.165, 1.54) is 6.07 Å². The topological polar surface area (TPSA) is 29.1 Å². The van der Waals surface area contributed by atoms with Crippen LogP contribution >= 0.6 is 0 Å². The number of rotatable bonds is 2. The minimum Gasteiger partial charge on any atom is -0.349 e. The van der Waals surface area contributed by atoms with Gasteiger partial charge in [-0.3, -0.25) is 0 Å². The molecule has 2 nitrogen and oxygen atoms in total. The lowest BCUT2D eigenvalue weighted by Gasteiger charge is -2.07. The van der Waals surface area contributed by atoms with Gasteiger partial charge in [0.1, 0.15) is 11.6 Å². The Labute approximate surface area is 68.4 Å². The fraction of sp³-hybridized carbons (Fsp3) is 0.250. The van der Waals surface area contributed by atoms with Gasteiger partial charge >= 0.3 is 0 Å². The molecular formula is C8H7F2O2. The number of halogens is 2. The van der Waals surface area contributed by atoms with Crippen molar-refractivity contribution in [2.45, 2.75) is 6.29 Å². The van der Waals surface area contributed by atoms with Crippen molar-refractivity contribution in [3.63, 3.8) is 0 Å². The van der Waals surface area contributed by atoms with Gasteiger partial charge in [0.15, 0.2) is 0 Å². The van der Waals surface area contributed by atoms with E-state index in [0.29, 0.717) is 0 Å². The largest absolute Gasteiger partial charge is 0.349 e. The molecule has 0 spiro atoms. The Morgan fingerprint density at radius 1 is 1.33 bits per heavy atom. The van der Waals surface area contributed by atoms with Crippen LogP contribution in [0.25, 0.3) is 0 Å². The molecule has 0 aliphatic heterocycles. The average molecular weight is 173 g/mol. The smallest absolute Gasteiger partial charge is 0.223 e. The highest BCUT2D eigenvalue weighted by atomic mass is 19.1. The van der Waals surface area contributed by atoms with Gasteiger partial charge in [-0.1, -0.05) is 6.07 Å². The first-order valence-corrected chi connectivity index (χ1v) is 3.29. The monoisotopic (exact) mass is 173 g/mol. The molecule has 0 N–H and O–H groups in total. The van der Waals surface area contributed by atoms with Crippen LogP contribution in [0.4, 0.5) is 8.78 Å². The summed E-state index contributed by atoms with van der Waals surface area (Å²) in [6, 6.07) is 3.22. The lowest BCUT2D eigenvalue weighted by Crippen LogP contribution is -2.04. The maximum atomic E-state index is 12.8. The Bertz CT molecular complexity index is 256. The molecule has 0 saturated heterocycles. The fourth-order valence-electron chi connectivity index (χ4n) is 0.854. The summed E-state index contributed by atoms with van der Waals surface area (Å²) in [6.07, 6.45) is -1.80. The molecule has 1 radical (unpaired) electrons. The van der Waals surface area contributed by atoms with Crippen LogP contribution < -0.4 is 0 Å². The molecule has 0 heterocycles. The molecule has 0 aliphatic rings. The van der Waals surface area contributed by atoms with Gasteiger partial charge in [-0.25, -0.2) is 8.78 Å². The van der Waals surface area contributed by atoms with E-state index in [-0.39, 0.29) is 0 Å². The van der Waals surface area contributed by atoms with Crippen LogP contribution in [0, 0.1) is 11.6 Å². The minimum absolute atomic E-state index is 0.569. The first-order chi connectivity index (χ1) is 5.66. The van der Waals surface area contributed by atoms with Crippen LogP contribution in [-0.4, -0.2) is 7.11 Å². The molecule has 0 aromatic heterocycles. The number of hydrogen-bond acceptors (Lipinski definition) is 1. The highest BCUT2D eigenvalue weighted by Crippen LogP contribution is 2.20. The third-order valence-electron chi connectivity index (χ3n) is 1.45. The molecule has 0 aliphatic carbocycles. The van der Waals surface area contributed by atoms with E-state index < -0.39 is 23.5 Å². The lowest BCUT2D eigenvalue weighted by molar-refractivity contribution is -0.127. The maximum absolute atomic E-state index is 12.8. The zero-order valence-corrected chi connectivity index (χ0v) is 6.38. The van der Waals surface area contributed by atoms with E-state index >= 15 is 0 Å². The molecule has 1 unspecified atom stereocenters. The van der Waals surface area contributed by atoms with Crippen molar-refractivity contribution in [2.24, 2.45) is 0 Å². The summed E-state index contributed by atoms with van der Waals surface area (Å²) in [7, 11) is 1.10.